The topological polar surface area (TPSA) is 49.6 Å². The third-order valence-electron chi connectivity index (χ3n) is 7.68. The molecular formula is C24H37N3O. The van der Waals surface area contributed by atoms with Gasteiger partial charge in [0.15, 0.2) is 0 Å². The number of piperidine rings is 1. The van der Waals surface area contributed by atoms with Gasteiger partial charge in [-0.1, -0.05) is 37.5 Å². The van der Waals surface area contributed by atoms with Gasteiger partial charge in [-0.3, -0.25) is 9.69 Å². The summed E-state index contributed by atoms with van der Waals surface area (Å²) in [4.78, 5) is 17.3. The lowest BCUT2D eigenvalue weighted by Gasteiger charge is -2.40. The van der Waals surface area contributed by atoms with Crippen LogP contribution in [-0.4, -0.2) is 54.0 Å². The average molecular weight is 384 g/mol. The fraction of sp³-hybridized carbons (Fsp3) is 0.708. The second kappa shape index (κ2) is 8.96. The van der Waals surface area contributed by atoms with Crippen molar-refractivity contribution in [3.8, 4) is 0 Å². The molecule has 0 radical (unpaired) electrons. The van der Waals surface area contributed by atoms with E-state index in [0.29, 0.717) is 18.0 Å². The third-order valence-corrected chi connectivity index (χ3v) is 7.68. The first-order valence-corrected chi connectivity index (χ1v) is 11.5. The van der Waals surface area contributed by atoms with Crippen LogP contribution < -0.4 is 5.73 Å². The van der Waals surface area contributed by atoms with Crippen molar-refractivity contribution in [3.63, 3.8) is 0 Å². The first-order chi connectivity index (χ1) is 13.6. The summed E-state index contributed by atoms with van der Waals surface area (Å²) in [6.07, 6.45) is 13.3. The highest BCUT2D eigenvalue weighted by molar-refractivity contribution is 5.94. The highest BCUT2D eigenvalue weighted by Gasteiger charge is 2.41. The van der Waals surface area contributed by atoms with Gasteiger partial charge >= 0.3 is 0 Å². The second-order valence-corrected chi connectivity index (χ2v) is 9.37. The molecule has 4 rings (SSSR count). The number of carbonyl (C=O) groups excluding carboxylic acids is 1. The van der Waals surface area contributed by atoms with Crippen LogP contribution >= 0.6 is 0 Å². The molecule has 1 saturated carbocycles. The number of nitrogens with two attached hydrogens (primary N) is 1. The predicted octanol–water partition coefficient (Wildman–Crippen LogP) is 4.15. The molecule has 2 atom stereocenters. The summed E-state index contributed by atoms with van der Waals surface area (Å²) in [7, 11) is 2.33. The van der Waals surface area contributed by atoms with Crippen molar-refractivity contribution in [3.05, 3.63) is 35.4 Å². The second-order valence-electron chi connectivity index (χ2n) is 9.37. The zero-order valence-corrected chi connectivity index (χ0v) is 17.5. The van der Waals surface area contributed by atoms with Crippen molar-refractivity contribution in [2.45, 2.75) is 88.3 Å². The first kappa shape index (κ1) is 19.9. The van der Waals surface area contributed by atoms with Gasteiger partial charge in [-0.15, -0.1) is 0 Å². The Hall–Kier alpha value is -1.39. The molecule has 2 bridgehead atoms. The van der Waals surface area contributed by atoms with Crippen molar-refractivity contribution >= 4 is 5.91 Å². The molecule has 2 heterocycles. The van der Waals surface area contributed by atoms with E-state index in [9.17, 15) is 4.79 Å². The minimum absolute atomic E-state index is 0.281. The number of benzene rings is 1. The molecule has 1 aromatic carbocycles. The Kier molecular flexibility index (Phi) is 6.37. The average Bonchev–Trinajstić information content (AvgIpc) is 2.96. The number of hydrogen-bond acceptors (Lipinski definition) is 3. The minimum Gasteiger partial charge on any atom is -0.366 e. The number of primary amides is 1. The SMILES string of the molecule is CN(CCCN1C2CCC1CC(c1ccccc1C(N)=O)C2)C1CCCCC1. The molecule has 0 spiro atoms. The summed E-state index contributed by atoms with van der Waals surface area (Å²) in [5, 5.41) is 0. The van der Waals surface area contributed by atoms with Crippen LogP contribution in [0, 0.1) is 0 Å². The summed E-state index contributed by atoms with van der Waals surface area (Å²) in [5.74, 6) is 0.207. The maximum absolute atomic E-state index is 11.9. The molecule has 4 nitrogen and oxygen atoms in total. The van der Waals surface area contributed by atoms with Gasteiger partial charge in [-0.25, -0.2) is 0 Å². The summed E-state index contributed by atoms with van der Waals surface area (Å²) >= 11 is 0. The van der Waals surface area contributed by atoms with Crippen molar-refractivity contribution in [2.24, 2.45) is 5.73 Å². The normalized spacial score (nSPS) is 28.7. The van der Waals surface area contributed by atoms with E-state index >= 15 is 0 Å². The van der Waals surface area contributed by atoms with E-state index in [-0.39, 0.29) is 5.91 Å². The van der Waals surface area contributed by atoms with Crippen molar-refractivity contribution < 1.29 is 4.79 Å². The van der Waals surface area contributed by atoms with E-state index < -0.39 is 0 Å². The van der Waals surface area contributed by atoms with Crippen molar-refractivity contribution in [1.82, 2.24) is 9.80 Å². The van der Waals surface area contributed by atoms with E-state index in [2.05, 4.69) is 29.0 Å². The molecule has 1 aliphatic carbocycles. The molecule has 3 aliphatic rings. The quantitative estimate of drug-likeness (QED) is 0.769. The van der Waals surface area contributed by atoms with Gasteiger partial charge in [0.2, 0.25) is 5.91 Å². The van der Waals surface area contributed by atoms with Crippen LogP contribution in [0.25, 0.3) is 0 Å². The van der Waals surface area contributed by atoms with Gasteiger partial charge in [-0.05, 0) is 82.6 Å². The summed E-state index contributed by atoms with van der Waals surface area (Å²) in [6.45, 7) is 2.46. The number of amides is 1. The Morgan fingerprint density at radius 3 is 2.43 bits per heavy atom. The minimum atomic E-state index is -0.281. The van der Waals surface area contributed by atoms with Crippen LogP contribution in [0.4, 0.5) is 0 Å². The number of fused-ring (bicyclic) bond motifs is 2. The molecule has 1 amide bonds. The molecule has 2 saturated heterocycles. The van der Waals surface area contributed by atoms with E-state index in [1.807, 2.05) is 12.1 Å². The smallest absolute Gasteiger partial charge is 0.248 e. The molecule has 2 unspecified atom stereocenters. The fourth-order valence-corrected chi connectivity index (χ4v) is 6.18. The van der Waals surface area contributed by atoms with E-state index in [4.69, 9.17) is 5.73 Å². The zero-order chi connectivity index (χ0) is 19.5. The van der Waals surface area contributed by atoms with Crippen molar-refractivity contribution in [2.75, 3.05) is 20.1 Å². The molecule has 1 aromatic rings. The van der Waals surface area contributed by atoms with E-state index in [0.717, 1.165) is 11.6 Å². The van der Waals surface area contributed by atoms with Crippen LogP contribution in [0.3, 0.4) is 0 Å². The molecule has 3 fully saturated rings. The number of nitrogens with zero attached hydrogens (tertiary/aromatic N) is 2. The summed E-state index contributed by atoms with van der Waals surface area (Å²) < 4.78 is 0. The van der Waals surface area contributed by atoms with Gasteiger partial charge in [0, 0.05) is 23.7 Å². The molecule has 154 valence electrons. The monoisotopic (exact) mass is 383 g/mol. The van der Waals surface area contributed by atoms with Gasteiger partial charge < -0.3 is 10.6 Å². The Bertz CT molecular complexity index is 656. The third kappa shape index (κ3) is 4.28. The lowest BCUT2D eigenvalue weighted by molar-refractivity contribution is 0.0991. The van der Waals surface area contributed by atoms with E-state index in [1.54, 1.807) is 0 Å². The first-order valence-electron chi connectivity index (χ1n) is 11.5. The Labute approximate surface area is 170 Å². The lowest BCUT2D eigenvalue weighted by Crippen LogP contribution is -2.44. The molecule has 2 aliphatic heterocycles. The van der Waals surface area contributed by atoms with Crippen LogP contribution in [0.2, 0.25) is 0 Å². The van der Waals surface area contributed by atoms with Crippen LogP contribution in [-0.2, 0) is 0 Å². The Balaban J connectivity index is 1.31. The van der Waals surface area contributed by atoms with Crippen LogP contribution in [0.5, 0.6) is 0 Å². The Morgan fingerprint density at radius 1 is 1.07 bits per heavy atom. The van der Waals surface area contributed by atoms with Crippen LogP contribution in [0.15, 0.2) is 24.3 Å². The standard InChI is InChI=1S/C24H37N3O/c1-26(19-8-3-2-4-9-19)14-7-15-27-20-12-13-21(27)17-18(16-20)22-10-5-6-11-23(22)24(25)28/h5-6,10-11,18-21H,2-4,7-9,12-17H2,1H3,(H2,25,28). The molecule has 2 N–H and O–H groups in total. The van der Waals surface area contributed by atoms with Crippen molar-refractivity contribution in [1.29, 1.82) is 0 Å². The van der Waals surface area contributed by atoms with Crippen LogP contribution in [0.1, 0.15) is 86.0 Å². The maximum Gasteiger partial charge on any atom is 0.248 e. The van der Waals surface area contributed by atoms with Gasteiger partial charge in [0.05, 0.1) is 0 Å². The highest BCUT2D eigenvalue weighted by atomic mass is 16.1. The molecule has 28 heavy (non-hydrogen) atoms. The summed E-state index contributed by atoms with van der Waals surface area (Å²) in [6, 6.07) is 10.2. The van der Waals surface area contributed by atoms with Gasteiger partial charge in [-0.2, -0.15) is 0 Å². The van der Waals surface area contributed by atoms with Gasteiger partial charge in [0.25, 0.3) is 0 Å². The molecule has 4 heteroatoms. The highest BCUT2D eigenvalue weighted by Crippen LogP contribution is 2.43. The number of hydrogen-bond donors (Lipinski definition) is 1. The Morgan fingerprint density at radius 2 is 1.75 bits per heavy atom. The fourth-order valence-electron chi connectivity index (χ4n) is 6.18. The lowest BCUT2D eigenvalue weighted by atomic mass is 9.82. The van der Waals surface area contributed by atoms with Gasteiger partial charge in [0.1, 0.15) is 0 Å². The van der Waals surface area contributed by atoms with E-state index in [1.165, 1.54) is 82.9 Å². The summed E-state index contributed by atoms with van der Waals surface area (Å²) in [5.41, 5.74) is 7.55. The number of carbonyl (C=O) groups is 1. The molecular weight excluding hydrogens is 346 g/mol. The molecule has 0 aromatic heterocycles. The largest absolute Gasteiger partial charge is 0.366 e. The zero-order valence-electron chi connectivity index (χ0n) is 17.5. The number of rotatable bonds is 7. The predicted molar refractivity (Wildman–Crippen MR) is 115 cm³/mol. The maximum atomic E-state index is 11.9.